The highest BCUT2D eigenvalue weighted by Crippen LogP contribution is 1.88. The summed E-state index contributed by atoms with van der Waals surface area (Å²) in [5.74, 6) is 0. The molecule has 0 saturated carbocycles. The van der Waals surface area contributed by atoms with Crippen LogP contribution in [0.25, 0.3) is 0 Å². The molecule has 0 atom stereocenters. The van der Waals surface area contributed by atoms with Crippen LogP contribution in [0.4, 0.5) is 0 Å². The summed E-state index contributed by atoms with van der Waals surface area (Å²) in [5, 5.41) is 0. The number of methoxy groups -OCH3 is 1. The van der Waals surface area contributed by atoms with E-state index in [0.29, 0.717) is 6.61 Å². The summed E-state index contributed by atoms with van der Waals surface area (Å²) >= 11 is 0. The minimum Gasteiger partial charge on any atom is -0.383 e. The van der Waals surface area contributed by atoms with E-state index in [-0.39, 0.29) is 0 Å². The van der Waals surface area contributed by atoms with E-state index < -0.39 is 0 Å². The predicted molar refractivity (Wildman–Crippen MR) is 45.1 cm³/mol. The van der Waals surface area contributed by atoms with Gasteiger partial charge in [-0.25, -0.2) is 0 Å². The number of nitrogens with one attached hydrogen (secondary N) is 1. The number of aromatic nitrogens is 1. The number of nitrogens with zero attached hydrogens (tertiary/aromatic N) is 1. The van der Waals surface area contributed by atoms with E-state index in [4.69, 9.17) is 4.74 Å². The summed E-state index contributed by atoms with van der Waals surface area (Å²) in [4.78, 5) is 7.15. The highest BCUT2D eigenvalue weighted by Gasteiger charge is 1.83. The molecule has 11 heavy (non-hydrogen) atoms. The monoisotopic (exact) mass is 152 g/mol. The molecule has 1 aromatic heterocycles. The molecular weight excluding hydrogens is 140 g/mol. The molecule has 0 aliphatic rings. The molecule has 0 spiro atoms. The van der Waals surface area contributed by atoms with Gasteiger partial charge in [0.25, 0.3) is 0 Å². The van der Waals surface area contributed by atoms with Gasteiger partial charge in [0.1, 0.15) is 0 Å². The third kappa shape index (κ3) is 3.00. The van der Waals surface area contributed by atoms with Crippen LogP contribution in [-0.2, 0) is 4.74 Å². The molecule has 3 heteroatoms. The van der Waals surface area contributed by atoms with Crippen molar-refractivity contribution in [2.75, 3.05) is 20.3 Å². The second kappa shape index (κ2) is 4.68. The lowest BCUT2D eigenvalue weighted by molar-refractivity contribution is 0.208. The number of rotatable bonds is 4. The van der Waals surface area contributed by atoms with E-state index >= 15 is 0 Å². The topological polar surface area (TPSA) is 37.4 Å². The van der Waals surface area contributed by atoms with Crippen molar-refractivity contribution in [2.24, 2.45) is 4.99 Å². The highest BCUT2D eigenvalue weighted by molar-refractivity contribution is 5.76. The first-order valence-electron chi connectivity index (χ1n) is 3.55. The Morgan fingerprint density at radius 3 is 3.27 bits per heavy atom. The average Bonchev–Trinajstić information content (AvgIpc) is 2.50. The quantitative estimate of drug-likeness (QED) is 0.508. The van der Waals surface area contributed by atoms with E-state index in [1.807, 2.05) is 18.3 Å². The largest absolute Gasteiger partial charge is 0.383 e. The van der Waals surface area contributed by atoms with Crippen molar-refractivity contribution in [1.29, 1.82) is 0 Å². The molecule has 0 amide bonds. The fourth-order valence-corrected chi connectivity index (χ4v) is 0.731. The van der Waals surface area contributed by atoms with Gasteiger partial charge in [-0.2, -0.15) is 0 Å². The molecule has 1 aromatic rings. The predicted octanol–water partition coefficient (Wildman–Crippen LogP) is 1.08. The molecule has 0 unspecified atom stereocenters. The van der Waals surface area contributed by atoms with Crippen molar-refractivity contribution in [3.05, 3.63) is 24.0 Å². The third-order valence-electron chi connectivity index (χ3n) is 1.28. The van der Waals surface area contributed by atoms with Crippen LogP contribution in [0.1, 0.15) is 5.69 Å². The van der Waals surface area contributed by atoms with Gasteiger partial charge >= 0.3 is 0 Å². The Morgan fingerprint density at radius 1 is 1.73 bits per heavy atom. The van der Waals surface area contributed by atoms with Crippen LogP contribution >= 0.6 is 0 Å². The Morgan fingerprint density at radius 2 is 2.64 bits per heavy atom. The van der Waals surface area contributed by atoms with E-state index in [0.717, 1.165) is 12.2 Å². The van der Waals surface area contributed by atoms with Crippen molar-refractivity contribution in [1.82, 2.24) is 4.98 Å². The van der Waals surface area contributed by atoms with Crippen LogP contribution in [-0.4, -0.2) is 31.5 Å². The molecule has 0 aliphatic carbocycles. The van der Waals surface area contributed by atoms with Crippen molar-refractivity contribution in [3.8, 4) is 0 Å². The molecule has 1 N–H and O–H groups in total. The van der Waals surface area contributed by atoms with Crippen LogP contribution < -0.4 is 0 Å². The number of hydrogen-bond donors (Lipinski definition) is 1. The fourth-order valence-electron chi connectivity index (χ4n) is 0.731. The SMILES string of the molecule is COCCN=Cc1ccc[nH]1. The Balaban J connectivity index is 2.25. The van der Waals surface area contributed by atoms with E-state index in [9.17, 15) is 0 Å². The van der Waals surface area contributed by atoms with Gasteiger partial charge in [0.15, 0.2) is 0 Å². The molecule has 60 valence electrons. The zero-order valence-corrected chi connectivity index (χ0v) is 6.58. The van der Waals surface area contributed by atoms with Gasteiger partial charge in [-0.1, -0.05) is 0 Å². The summed E-state index contributed by atoms with van der Waals surface area (Å²) < 4.78 is 4.84. The maximum Gasteiger partial charge on any atom is 0.0658 e. The molecule has 1 rings (SSSR count). The second-order valence-corrected chi connectivity index (χ2v) is 2.15. The summed E-state index contributed by atoms with van der Waals surface area (Å²) in [5.41, 5.74) is 1.03. The van der Waals surface area contributed by atoms with Crippen LogP contribution in [0, 0.1) is 0 Å². The second-order valence-electron chi connectivity index (χ2n) is 2.15. The molecule has 0 aromatic carbocycles. The summed E-state index contributed by atoms with van der Waals surface area (Å²) in [6.07, 6.45) is 3.68. The first-order valence-corrected chi connectivity index (χ1v) is 3.55. The zero-order chi connectivity index (χ0) is 7.94. The van der Waals surface area contributed by atoms with Crippen molar-refractivity contribution >= 4 is 6.21 Å². The van der Waals surface area contributed by atoms with Gasteiger partial charge in [-0.05, 0) is 12.1 Å². The van der Waals surface area contributed by atoms with Gasteiger partial charge in [-0.3, -0.25) is 4.99 Å². The standard InChI is InChI=1S/C8H12N2O/c1-11-6-5-9-7-8-3-2-4-10-8/h2-4,7,10H,5-6H2,1H3. The number of aliphatic imine (C=N–C) groups is 1. The maximum atomic E-state index is 4.84. The van der Waals surface area contributed by atoms with Crippen LogP contribution in [0.5, 0.6) is 0 Å². The number of hydrogen-bond acceptors (Lipinski definition) is 2. The third-order valence-corrected chi connectivity index (χ3v) is 1.28. The van der Waals surface area contributed by atoms with E-state index in [1.165, 1.54) is 0 Å². The molecule has 1 heterocycles. The molecule has 0 saturated heterocycles. The van der Waals surface area contributed by atoms with Gasteiger partial charge in [0.05, 0.1) is 18.8 Å². The molecule has 0 radical (unpaired) electrons. The number of aromatic amines is 1. The highest BCUT2D eigenvalue weighted by atomic mass is 16.5. The molecular formula is C8H12N2O. The summed E-state index contributed by atoms with van der Waals surface area (Å²) in [6.45, 7) is 1.40. The van der Waals surface area contributed by atoms with Crippen molar-refractivity contribution in [3.63, 3.8) is 0 Å². The average molecular weight is 152 g/mol. The Hall–Kier alpha value is -1.09. The Kier molecular flexibility index (Phi) is 3.41. The zero-order valence-electron chi connectivity index (χ0n) is 6.58. The van der Waals surface area contributed by atoms with Crippen molar-refractivity contribution < 1.29 is 4.74 Å². The van der Waals surface area contributed by atoms with Gasteiger partial charge in [0.2, 0.25) is 0 Å². The number of ether oxygens (including phenoxy) is 1. The Labute approximate surface area is 66.1 Å². The normalized spacial score (nSPS) is 11.0. The fraction of sp³-hybridized carbons (Fsp3) is 0.375. The lowest BCUT2D eigenvalue weighted by Gasteiger charge is -1.90. The lowest BCUT2D eigenvalue weighted by Crippen LogP contribution is -1.93. The summed E-state index contributed by atoms with van der Waals surface area (Å²) in [6, 6.07) is 3.91. The maximum absolute atomic E-state index is 4.84. The van der Waals surface area contributed by atoms with Crippen molar-refractivity contribution in [2.45, 2.75) is 0 Å². The van der Waals surface area contributed by atoms with Gasteiger partial charge in [0, 0.05) is 19.5 Å². The lowest BCUT2D eigenvalue weighted by atomic mass is 10.5. The summed E-state index contributed by atoms with van der Waals surface area (Å²) in [7, 11) is 1.67. The first-order chi connectivity index (χ1) is 5.43. The minimum atomic E-state index is 0.678. The van der Waals surface area contributed by atoms with Gasteiger partial charge < -0.3 is 9.72 Å². The van der Waals surface area contributed by atoms with E-state index in [1.54, 1.807) is 13.3 Å². The van der Waals surface area contributed by atoms with Crippen LogP contribution in [0.15, 0.2) is 23.3 Å². The first kappa shape index (κ1) is 8.01. The van der Waals surface area contributed by atoms with Gasteiger partial charge in [-0.15, -0.1) is 0 Å². The molecule has 0 fully saturated rings. The smallest absolute Gasteiger partial charge is 0.0658 e. The minimum absolute atomic E-state index is 0.678. The number of H-pyrrole nitrogens is 1. The molecule has 0 aliphatic heterocycles. The Bertz CT molecular complexity index is 204. The van der Waals surface area contributed by atoms with E-state index in [2.05, 4.69) is 9.98 Å². The molecule has 3 nitrogen and oxygen atoms in total. The molecule has 0 bridgehead atoms. The van der Waals surface area contributed by atoms with Crippen LogP contribution in [0.2, 0.25) is 0 Å². The van der Waals surface area contributed by atoms with Crippen LogP contribution in [0.3, 0.4) is 0 Å².